The van der Waals surface area contributed by atoms with Crippen molar-refractivity contribution in [2.45, 2.75) is 26.9 Å². The van der Waals surface area contributed by atoms with E-state index in [2.05, 4.69) is 5.10 Å². The Morgan fingerprint density at radius 1 is 1.54 bits per heavy atom. The minimum absolute atomic E-state index is 0.145. The molecule has 1 aromatic heterocycles. The molecule has 0 spiro atoms. The number of amides is 1. The summed E-state index contributed by atoms with van der Waals surface area (Å²) in [5.74, 6) is 0.145. The fraction of sp³-hybridized carbons (Fsp3) is 0.556. The number of aromatic nitrogens is 2. The van der Waals surface area contributed by atoms with Crippen LogP contribution in [0.1, 0.15) is 18.2 Å². The highest BCUT2D eigenvalue weighted by molar-refractivity contribution is 5.73. The minimum atomic E-state index is 0.145. The molecule has 70 valence electrons. The third kappa shape index (κ3) is 1.32. The van der Waals surface area contributed by atoms with E-state index in [0.29, 0.717) is 6.54 Å². The largest absolute Gasteiger partial charge is 0.335 e. The molecule has 0 aromatic carbocycles. The summed E-state index contributed by atoms with van der Waals surface area (Å²) in [5, 5.41) is 4.23. The lowest BCUT2D eigenvalue weighted by molar-refractivity contribution is -0.130. The number of hydrogen-bond acceptors (Lipinski definition) is 2. The Bertz CT molecular complexity index is 343. The topological polar surface area (TPSA) is 38.1 Å². The highest BCUT2D eigenvalue weighted by atomic mass is 16.2. The molecule has 2 rings (SSSR count). The second-order valence-electron chi connectivity index (χ2n) is 3.44. The first-order valence-corrected chi connectivity index (χ1v) is 4.45. The van der Waals surface area contributed by atoms with Crippen LogP contribution in [0.4, 0.5) is 0 Å². The van der Waals surface area contributed by atoms with Crippen LogP contribution in [0.5, 0.6) is 0 Å². The van der Waals surface area contributed by atoms with E-state index in [1.165, 1.54) is 11.3 Å². The molecule has 4 heteroatoms. The first-order chi connectivity index (χ1) is 6.18. The van der Waals surface area contributed by atoms with Crippen molar-refractivity contribution in [1.82, 2.24) is 14.7 Å². The van der Waals surface area contributed by atoms with Gasteiger partial charge < -0.3 is 4.90 Å². The number of hydrogen-bond donors (Lipinski definition) is 0. The number of rotatable bonds is 0. The Hall–Kier alpha value is -1.32. The van der Waals surface area contributed by atoms with Gasteiger partial charge in [-0.2, -0.15) is 5.10 Å². The molecule has 2 heterocycles. The molecule has 1 amide bonds. The molecular weight excluding hydrogens is 166 g/mol. The van der Waals surface area contributed by atoms with E-state index < -0.39 is 0 Å². The first kappa shape index (κ1) is 8.29. The molecular formula is C9H13N3O. The summed E-state index contributed by atoms with van der Waals surface area (Å²) in [5.41, 5.74) is 2.34. The summed E-state index contributed by atoms with van der Waals surface area (Å²) in [7, 11) is 0. The minimum Gasteiger partial charge on any atom is -0.335 e. The monoisotopic (exact) mass is 179 g/mol. The third-order valence-corrected chi connectivity index (χ3v) is 2.53. The van der Waals surface area contributed by atoms with E-state index in [-0.39, 0.29) is 5.91 Å². The normalized spacial score (nSPS) is 15.7. The van der Waals surface area contributed by atoms with Crippen LogP contribution in [-0.2, 0) is 17.9 Å². The Morgan fingerprint density at radius 3 is 3.00 bits per heavy atom. The van der Waals surface area contributed by atoms with E-state index in [1.54, 1.807) is 6.92 Å². The molecule has 0 bridgehead atoms. The van der Waals surface area contributed by atoms with E-state index in [4.69, 9.17) is 0 Å². The zero-order valence-corrected chi connectivity index (χ0v) is 7.95. The van der Waals surface area contributed by atoms with E-state index in [1.807, 2.05) is 22.7 Å². The molecule has 0 saturated heterocycles. The average Bonchev–Trinajstić information content (AvgIpc) is 2.47. The Kier molecular flexibility index (Phi) is 1.83. The van der Waals surface area contributed by atoms with Crippen LogP contribution in [0.15, 0.2) is 6.20 Å². The number of carbonyl (C=O) groups excluding carboxylic acids is 1. The van der Waals surface area contributed by atoms with Gasteiger partial charge in [0, 0.05) is 13.5 Å². The first-order valence-electron chi connectivity index (χ1n) is 4.45. The van der Waals surface area contributed by atoms with Crippen LogP contribution in [0.25, 0.3) is 0 Å². The second kappa shape index (κ2) is 2.87. The highest BCUT2D eigenvalue weighted by Gasteiger charge is 2.19. The van der Waals surface area contributed by atoms with Crippen molar-refractivity contribution >= 4 is 5.91 Å². The summed E-state index contributed by atoms with van der Waals surface area (Å²) < 4.78 is 1.98. The molecule has 0 saturated carbocycles. The molecule has 0 radical (unpaired) electrons. The van der Waals surface area contributed by atoms with Gasteiger partial charge in [-0.3, -0.25) is 9.48 Å². The second-order valence-corrected chi connectivity index (χ2v) is 3.44. The van der Waals surface area contributed by atoms with Gasteiger partial charge in [-0.25, -0.2) is 0 Å². The zero-order valence-electron chi connectivity index (χ0n) is 7.95. The molecule has 0 atom stereocenters. The van der Waals surface area contributed by atoms with Gasteiger partial charge in [-0.15, -0.1) is 0 Å². The van der Waals surface area contributed by atoms with Gasteiger partial charge in [-0.05, 0) is 12.5 Å². The van der Waals surface area contributed by atoms with Gasteiger partial charge in [0.2, 0.25) is 5.91 Å². The lowest BCUT2D eigenvalue weighted by Gasteiger charge is -2.27. The highest BCUT2D eigenvalue weighted by Crippen LogP contribution is 2.15. The SMILES string of the molecule is CC(=O)N1CCn2ncc(C)c2C1. The third-order valence-electron chi connectivity index (χ3n) is 2.53. The number of carbonyl (C=O) groups is 1. The number of fused-ring (bicyclic) bond motifs is 1. The molecule has 13 heavy (non-hydrogen) atoms. The van der Waals surface area contributed by atoms with Crippen molar-refractivity contribution in [2.24, 2.45) is 0 Å². The molecule has 0 fully saturated rings. The lowest BCUT2D eigenvalue weighted by atomic mass is 10.2. The van der Waals surface area contributed by atoms with Crippen LogP contribution in [0, 0.1) is 6.92 Å². The van der Waals surface area contributed by atoms with Gasteiger partial charge in [0.05, 0.1) is 25.0 Å². The standard InChI is InChI=1S/C9H13N3O/c1-7-5-10-12-4-3-11(8(2)13)6-9(7)12/h5H,3-4,6H2,1-2H3. The fourth-order valence-corrected chi connectivity index (χ4v) is 1.65. The van der Waals surface area contributed by atoms with Crippen molar-refractivity contribution in [3.63, 3.8) is 0 Å². The summed E-state index contributed by atoms with van der Waals surface area (Å²) in [6.07, 6.45) is 1.86. The van der Waals surface area contributed by atoms with Crippen molar-refractivity contribution in [1.29, 1.82) is 0 Å². The average molecular weight is 179 g/mol. The Morgan fingerprint density at radius 2 is 2.31 bits per heavy atom. The quantitative estimate of drug-likeness (QED) is 0.583. The van der Waals surface area contributed by atoms with Crippen LogP contribution in [0.2, 0.25) is 0 Å². The van der Waals surface area contributed by atoms with Gasteiger partial charge in [0.25, 0.3) is 0 Å². The maximum atomic E-state index is 11.1. The maximum absolute atomic E-state index is 11.1. The predicted octanol–water partition coefficient (Wildman–Crippen LogP) is 0.554. The number of aryl methyl sites for hydroxylation is 1. The van der Waals surface area contributed by atoms with Crippen LogP contribution in [0.3, 0.4) is 0 Å². The molecule has 1 aliphatic rings. The molecule has 0 aliphatic carbocycles. The predicted molar refractivity (Wildman–Crippen MR) is 48.1 cm³/mol. The molecule has 1 aromatic rings. The van der Waals surface area contributed by atoms with Gasteiger partial charge in [0.15, 0.2) is 0 Å². The van der Waals surface area contributed by atoms with Crippen molar-refractivity contribution < 1.29 is 4.79 Å². The molecule has 0 unspecified atom stereocenters. The maximum Gasteiger partial charge on any atom is 0.219 e. The molecule has 0 N–H and O–H groups in total. The smallest absolute Gasteiger partial charge is 0.219 e. The number of nitrogens with zero attached hydrogens (tertiary/aromatic N) is 3. The van der Waals surface area contributed by atoms with Crippen molar-refractivity contribution in [2.75, 3.05) is 6.54 Å². The Balaban J connectivity index is 2.27. The zero-order chi connectivity index (χ0) is 9.42. The van der Waals surface area contributed by atoms with Crippen molar-refractivity contribution in [3.8, 4) is 0 Å². The van der Waals surface area contributed by atoms with Crippen LogP contribution < -0.4 is 0 Å². The summed E-state index contributed by atoms with van der Waals surface area (Å²) in [6.45, 7) is 5.96. The van der Waals surface area contributed by atoms with Gasteiger partial charge in [0.1, 0.15) is 0 Å². The molecule has 4 nitrogen and oxygen atoms in total. The molecule has 1 aliphatic heterocycles. The fourth-order valence-electron chi connectivity index (χ4n) is 1.65. The van der Waals surface area contributed by atoms with Crippen molar-refractivity contribution in [3.05, 3.63) is 17.5 Å². The Labute approximate surface area is 77.1 Å². The van der Waals surface area contributed by atoms with E-state index in [9.17, 15) is 4.79 Å². The van der Waals surface area contributed by atoms with Gasteiger partial charge >= 0.3 is 0 Å². The van der Waals surface area contributed by atoms with Gasteiger partial charge in [-0.1, -0.05) is 0 Å². The van der Waals surface area contributed by atoms with E-state index >= 15 is 0 Å². The van der Waals surface area contributed by atoms with E-state index in [0.717, 1.165) is 13.1 Å². The van der Waals surface area contributed by atoms with Crippen LogP contribution in [-0.4, -0.2) is 27.1 Å². The summed E-state index contributed by atoms with van der Waals surface area (Å²) >= 11 is 0. The van der Waals surface area contributed by atoms with Crippen LogP contribution >= 0.6 is 0 Å². The summed E-state index contributed by atoms with van der Waals surface area (Å²) in [6, 6.07) is 0. The summed E-state index contributed by atoms with van der Waals surface area (Å²) in [4.78, 5) is 13.0. The lowest BCUT2D eigenvalue weighted by Crippen LogP contribution is -2.37.